The van der Waals surface area contributed by atoms with E-state index in [1.165, 1.54) is 36.9 Å². The van der Waals surface area contributed by atoms with Crippen molar-refractivity contribution >= 4 is 14.2 Å². The molecule has 1 rings (SSSR count). The van der Waals surface area contributed by atoms with Crippen LogP contribution in [-0.2, 0) is 4.43 Å². The number of unbranched alkanes of at least 4 members (excludes halogenated alkanes) is 2. The molecule has 0 aliphatic rings. The Balaban J connectivity index is 2.49. The Hall–Kier alpha value is -0.603. The van der Waals surface area contributed by atoms with Crippen molar-refractivity contribution in [2.75, 3.05) is 6.61 Å². The van der Waals surface area contributed by atoms with Crippen LogP contribution in [0, 0.1) is 0 Å². The van der Waals surface area contributed by atoms with Crippen LogP contribution >= 0.6 is 0 Å². The van der Waals surface area contributed by atoms with Gasteiger partial charge in [-0.1, -0.05) is 63.4 Å². The third-order valence-electron chi connectivity index (χ3n) is 2.81. The Morgan fingerprint density at radius 1 is 1.00 bits per heavy atom. The van der Waals surface area contributed by atoms with Gasteiger partial charge in [0.05, 0.1) is 0 Å². The lowest BCUT2D eigenvalue weighted by atomic mass is 10.4. The smallest absolute Gasteiger partial charge is 0.208 e. The molecule has 16 heavy (non-hydrogen) atoms. The molecule has 0 aliphatic carbocycles. The molecule has 0 heterocycles. The van der Waals surface area contributed by atoms with Gasteiger partial charge in [0, 0.05) is 6.61 Å². The molecule has 0 aliphatic heterocycles. The van der Waals surface area contributed by atoms with Crippen LogP contribution in [0.3, 0.4) is 0 Å². The predicted octanol–water partition coefficient (Wildman–Crippen LogP) is 3.23. The van der Waals surface area contributed by atoms with Crippen molar-refractivity contribution in [3.05, 3.63) is 30.3 Å². The highest BCUT2D eigenvalue weighted by Gasteiger charge is 2.13. The minimum absolute atomic E-state index is 0.950. The summed E-state index contributed by atoms with van der Waals surface area (Å²) in [7, 11) is -1.14. The van der Waals surface area contributed by atoms with Gasteiger partial charge in [-0.25, -0.2) is 0 Å². The highest BCUT2D eigenvalue weighted by Crippen LogP contribution is 2.04. The zero-order valence-corrected chi connectivity index (χ0v) is 11.8. The van der Waals surface area contributed by atoms with E-state index < -0.39 is 9.04 Å². The molecule has 1 nitrogen and oxygen atoms in total. The van der Waals surface area contributed by atoms with Crippen LogP contribution in [0.1, 0.15) is 39.5 Å². The average Bonchev–Trinajstić information content (AvgIpc) is 2.35. The SMILES string of the molecule is CCCCO[SiH](CCCC)c1ccccc1. The van der Waals surface area contributed by atoms with Crippen molar-refractivity contribution in [1.82, 2.24) is 0 Å². The first-order valence-electron chi connectivity index (χ1n) is 6.55. The molecule has 0 fully saturated rings. The lowest BCUT2D eigenvalue weighted by molar-refractivity contribution is 0.316. The Morgan fingerprint density at radius 2 is 1.69 bits per heavy atom. The Morgan fingerprint density at radius 3 is 2.31 bits per heavy atom. The summed E-state index contributed by atoms with van der Waals surface area (Å²) in [5.74, 6) is 0. The molecule has 0 radical (unpaired) electrons. The molecule has 0 saturated heterocycles. The van der Waals surface area contributed by atoms with Gasteiger partial charge in [-0.3, -0.25) is 0 Å². The molecular formula is C14H24OSi. The van der Waals surface area contributed by atoms with E-state index in [9.17, 15) is 0 Å². The van der Waals surface area contributed by atoms with Gasteiger partial charge in [-0.15, -0.1) is 0 Å². The molecule has 0 amide bonds. The molecule has 0 bridgehead atoms. The fraction of sp³-hybridized carbons (Fsp3) is 0.571. The normalized spacial score (nSPS) is 12.6. The minimum Gasteiger partial charge on any atom is -0.415 e. The van der Waals surface area contributed by atoms with Crippen molar-refractivity contribution < 1.29 is 4.43 Å². The van der Waals surface area contributed by atoms with Crippen LogP contribution in [0.25, 0.3) is 0 Å². The number of hydrogen-bond donors (Lipinski definition) is 0. The molecule has 0 saturated carbocycles. The van der Waals surface area contributed by atoms with Gasteiger partial charge < -0.3 is 4.43 Å². The van der Waals surface area contributed by atoms with Crippen molar-refractivity contribution in [2.24, 2.45) is 0 Å². The third-order valence-corrected chi connectivity index (χ3v) is 5.51. The molecule has 1 unspecified atom stereocenters. The van der Waals surface area contributed by atoms with Crippen LogP contribution in [0.2, 0.25) is 6.04 Å². The minimum atomic E-state index is -1.14. The molecule has 0 spiro atoms. The zero-order chi connectivity index (χ0) is 11.6. The van der Waals surface area contributed by atoms with Gasteiger partial charge in [-0.05, 0) is 17.7 Å². The molecule has 90 valence electrons. The van der Waals surface area contributed by atoms with E-state index in [-0.39, 0.29) is 0 Å². The summed E-state index contributed by atoms with van der Waals surface area (Å²) in [6, 6.07) is 12.1. The Kier molecular flexibility index (Phi) is 7.18. The standard InChI is InChI=1S/C14H24OSi/c1-3-5-12-15-16(13-6-4-2)14-10-8-7-9-11-14/h7-11,16H,3-6,12-13H2,1-2H3. The largest absolute Gasteiger partial charge is 0.415 e. The summed E-state index contributed by atoms with van der Waals surface area (Å²) < 4.78 is 6.11. The second-order valence-electron chi connectivity index (χ2n) is 4.27. The van der Waals surface area contributed by atoms with Gasteiger partial charge in [0.25, 0.3) is 0 Å². The zero-order valence-electron chi connectivity index (χ0n) is 10.6. The summed E-state index contributed by atoms with van der Waals surface area (Å²) >= 11 is 0. The van der Waals surface area contributed by atoms with E-state index in [2.05, 4.69) is 44.2 Å². The summed E-state index contributed by atoms with van der Waals surface area (Å²) in [6.07, 6.45) is 5.00. The van der Waals surface area contributed by atoms with E-state index in [1.807, 2.05) is 0 Å². The average molecular weight is 236 g/mol. The lowest BCUT2D eigenvalue weighted by Gasteiger charge is -2.16. The van der Waals surface area contributed by atoms with E-state index in [0.717, 1.165) is 6.61 Å². The molecule has 1 aromatic carbocycles. The quantitative estimate of drug-likeness (QED) is 0.497. The van der Waals surface area contributed by atoms with E-state index in [1.54, 1.807) is 0 Å². The third kappa shape index (κ3) is 4.95. The fourth-order valence-electron chi connectivity index (χ4n) is 1.77. The van der Waals surface area contributed by atoms with Gasteiger partial charge in [0.15, 0.2) is 0 Å². The van der Waals surface area contributed by atoms with Gasteiger partial charge in [0.2, 0.25) is 9.04 Å². The molecule has 0 aromatic heterocycles. The van der Waals surface area contributed by atoms with Crippen molar-refractivity contribution in [1.29, 1.82) is 0 Å². The van der Waals surface area contributed by atoms with Crippen LogP contribution in [0.5, 0.6) is 0 Å². The molecule has 1 aromatic rings. The van der Waals surface area contributed by atoms with Crippen LogP contribution in [0.15, 0.2) is 30.3 Å². The van der Waals surface area contributed by atoms with Crippen LogP contribution < -0.4 is 5.19 Å². The predicted molar refractivity (Wildman–Crippen MR) is 73.8 cm³/mol. The van der Waals surface area contributed by atoms with E-state index in [0.29, 0.717) is 0 Å². The molecule has 2 heteroatoms. The topological polar surface area (TPSA) is 9.23 Å². The second kappa shape index (κ2) is 8.54. The molecule has 0 N–H and O–H groups in total. The van der Waals surface area contributed by atoms with Gasteiger partial charge in [0.1, 0.15) is 0 Å². The number of rotatable bonds is 8. The highest BCUT2D eigenvalue weighted by molar-refractivity contribution is 6.67. The first-order valence-corrected chi connectivity index (χ1v) is 8.41. The van der Waals surface area contributed by atoms with Crippen LogP contribution in [-0.4, -0.2) is 15.6 Å². The Bertz CT molecular complexity index is 261. The maximum atomic E-state index is 6.11. The number of hydrogen-bond acceptors (Lipinski definition) is 1. The lowest BCUT2D eigenvalue weighted by Crippen LogP contribution is -2.33. The second-order valence-corrected chi connectivity index (χ2v) is 6.82. The summed E-state index contributed by atoms with van der Waals surface area (Å²) in [5.41, 5.74) is 0. The van der Waals surface area contributed by atoms with Crippen LogP contribution in [0.4, 0.5) is 0 Å². The molecule has 1 atom stereocenters. The Labute approximate surface area is 102 Å². The monoisotopic (exact) mass is 236 g/mol. The first kappa shape index (κ1) is 13.5. The summed E-state index contributed by atoms with van der Waals surface area (Å²) in [6.45, 7) is 5.42. The number of benzene rings is 1. The van der Waals surface area contributed by atoms with Crippen molar-refractivity contribution in [3.8, 4) is 0 Å². The highest BCUT2D eigenvalue weighted by atomic mass is 28.3. The van der Waals surface area contributed by atoms with Crippen molar-refractivity contribution in [2.45, 2.75) is 45.6 Å². The van der Waals surface area contributed by atoms with Gasteiger partial charge >= 0.3 is 0 Å². The van der Waals surface area contributed by atoms with Gasteiger partial charge in [-0.2, -0.15) is 0 Å². The van der Waals surface area contributed by atoms with E-state index >= 15 is 0 Å². The first-order chi connectivity index (χ1) is 7.88. The summed E-state index contributed by atoms with van der Waals surface area (Å²) in [4.78, 5) is 0. The molecular weight excluding hydrogens is 212 g/mol. The van der Waals surface area contributed by atoms with Crippen molar-refractivity contribution in [3.63, 3.8) is 0 Å². The maximum Gasteiger partial charge on any atom is 0.208 e. The fourth-order valence-corrected chi connectivity index (χ4v) is 4.35. The van der Waals surface area contributed by atoms with E-state index in [4.69, 9.17) is 4.43 Å². The maximum absolute atomic E-state index is 6.11. The summed E-state index contributed by atoms with van der Waals surface area (Å²) in [5, 5.41) is 1.46.